The summed E-state index contributed by atoms with van der Waals surface area (Å²) in [7, 11) is 2.00. The molecule has 5 nitrogen and oxygen atoms in total. The summed E-state index contributed by atoms with van der Waals surface area (Å²) in [4.78, 5) is 29.8. The molecule has 0 aliphatic carbocycles. The minimum absolute atomic E-state index is 0.118. The molecule has 1 amide bonds. The number of fused-ring (bicyclic) bond motifs is 1. The van der Waals surface area contributed by atoms with Crippen LogP contribution in [0, 0.1) is 0 Å². The third-order valence-electron chi connectivity index (χ3n) is 6.30. The molecule has 0 saturated carbocycles. The topological polar surface area (TPSA) is 54.3 Å². The van der Waals surface area contributed by atoms with Crippen LogP contribution in [0.3, 0.4) is 0 Å². The quantitative estimate of drug-likeness (QED) is 0.393. The van der Waals surface area contributed by atoms with Crippen molar-refractivity contribution < 1.29 is 4.79 Å². The molecule has 1 aromatic heterocycles. The molecule has 0 fully saturated rings. The number of carbonyl (C=O) groups is 1. The van der Waals surface area contributed by atoms with Gasteiger partial charge in [-0.1, -0.05) is 80.6 Å². The standard InChI is InChI=1S/C29H31N3O2/c1-4-25(21-14-8-6-9-15-21)30-28(33)27-23-18-12-13-19-24(23)29(34)32(22-16-10-7-11-17-22)26(27)20-31(3)5-2/h6-19,25H,4-5,20H2,1-3H3,(H,30,33)/t25-/m0/s1. The fourth-order valence-corrected chi connectivity index (χ4v) is 4.36. The summed E-state index contributed by atoms with van der Waals surface area (Å²) in [6.45, 7) is 5.38. The number of rotatable bonds is 8. The first kappa shape index (κ1) is 23.5. The maximum atomic E-state index is 13.9. The molecule has 1 N–H and O–H groups in total. The summed E-state index contributed by atoms with van der Waals surface area (Å²) in [5.74, 6) is -0.170. The smallest absolute Gasteiger partial charge is 0.263 e. The summed E-state index contributed by atoms with van der Waals surface area (Å²) in [6.07, 6.45) is 0.760. The van der Waals surface area contributed by atoms with Crippen LogP contribution in [-0.2, 0) is 6.54 Å². The van der Waals surface area contributed by atoms with E-state index in [1.165, 1.54) is 0 Å². The number of hydrogen-bond donors (Lipinski definition) is 1. The Balaban J connectivity index is 1.95. The van der Waals surface area contributed by atoms with Crippen molar-refractivity contribution in [2.24, 2.45) is 0 Å². The third-order valence-corrected chi connectivity index (χ3v) is 6.30. The van der Waals surface area contributed by atoms with Gasteiger partial charge >= 0.3 is 0 Å². The van der Waals surface area contributed by atoms with Crippen molar-refractivity contribution in [3.8, 4) is 5.69 Å². The molecule has 0 aliphatic heterocycles. The molecule has 34 heavy (non-hydrogen) atoms. The molecular weight excluding hydrogens is 422 g/mol. The largest absolute Gasteiger partial charge is 0.345 e. The lowest BCUT2D eigenvalue weighted by Crippen LogP contribution is -2.34. The monoisotopic (exact) mass is 453 g/mol. The summed E-state index contributed by atoms with van der Waals surface area (Å²) in [5, 5.41) is 4.46. The Bertz CT molecular complexity index is 1330. The molecular formula is C29H31N3O2. The number of pyridine rings is 1. The second-order valence-electron chi connectivity index (χ2n) is 8.52. The first-order valence-electron chi connectivity index (χ1n) is 11.8. The van der Waals surface area contributed by atoms with E-state index in [4.69, 9.17) is 0 Å². The van der Waals surface area contributed by atoms with Gasteiger partial charge in [-0.3, -0.25) is 14.2 Å². The van der Waals surface area contributed by atoms with E-state index in [1.54, 1.807) is 10.6 Å². The van der Waals surface area contributed by atoms with Gasteiger partial charge in [0.2, 0.25) is 0 Å². The number of aromatic nitrogens is 1. The Morgan fingerprint density at radius 3 is 2.09 bits per heavy atom. The SMILES string of the molecule is CC[C@H](NC(=O)c1c(CN(C)CC)n(-c2ccccc2)c(=O)c2ccccc12)c1ccccc1. The molecule has 0 bridgehead atoms. The van der Waals surface area contributed by atoms with Crippen molar-refractivity contribution >= 4 is 16.7 Å². The van der Waals surface area contributed by atoms with E-state index in [0.29, 0.717) is 28.6 Å². The Labute approximate surface area is 200 Å². The average molecular weight is 454 g/mol. The number of para-hydroxylation sites is 1. The van der Waals surface area contributed by atoms with Gasteiger partial charge in [0, 0.05) is 23.0 Å². The van der Waals surface area contributed by atoms with Crippen molar-refractivity contribution in [1.82, 2.24) is 14.8 Å². The average Bonchev–Trinajstić information content (AvgIpc) is 2.88. The van der Waals surface area contributed by atoms with Crippen molar-refractivity contribution in [1.29, 1.82) is 0 Å². The van der Waals surface area contributed by atoms with Gasteiger partial charge in [-0.05, 0) is 43.8 Å². The number of carbonyl (C=O) groups excluding carboxylic acids is 1. The van der Waals surface area contributed by atoms with Gasteiger partial charge < -0.3 is 10.2 Å². The molecule has 174 valence electrons. The number of nitrogens with one attached hydrogen (secondary N) is 1. The van der Waals surface area contributed by atoms with E-state index in [1.807, 2.05) is 85.9 Å². The van der Waals surface area contributed by atoms with Crippen LogP contribution < -0.4 is 10.9 Å². The first-order valence-corrected chi connectivity index (χ1v) is 11.8. The fraction of sp³-hybridized carbons (Fsp3) is 0.241. The van der Waals surface area contributed by atoms with E-state index in [-0.39, 0.29) is 17.5 Å². The van der Waals surface area contributed by atoms with Crippen LogP contribution in [0.1, 0.15) is 47.9 Å². The van der Waals surface area contributed by atoms with Gasteiger partial charge in [0.1, 0.15) is 0 Å². The molecule has 4 aromatic rings. The highest BCUT2D eigenvalue weighted by Crippen LogP contribution is 2.25. The van der Waals surface area contributed by atoms with Gasteiger partial charge in [0.05, 0.1) is 17.3 Å². The van der Waals surface area contributed by atoms with Crippen LogP contribution in [-0.4, -0.2) is 29.0 Å². The predicted octanol–water partition coefficient (Wildman–Crippen LogP) is 5.32. The van der Waals surface area contributed by atoms with Crippen molar-refractivity contribution in [3.63, 3.8) is 0 Å². The molecule has 0 aliphatic rings. The lowest BCUT2D eigenvalue weighted by Gasteiger charge is -2.24. The number of benzene rings is 3. The predicted molar refractivity (Wildman–Crippen MR) is 138 cm³/mol. The van der Waals surface area contributed by atoms with Gasteiger partial charge in [0.25, 0.3) is 11.5 Å². The molecule has 1 atom stereocenters. The molecule has 0 saturated heterocycles. The van der Waals surface area contributed by atoms with Crippen LogP contribution in [0.25, 0.3) is 16.5 Å². The highest BCUT2D eigenvalue weighted by molar-refractivity contribution is 6.08. The van der Waals surface area contributed by atoms with Crippen LogP contribution in [0.4, 0.5) is 0 Å². The summed E-state index contributed by atoms with van der Waals surface area (Å²) >= 11 is 0. The van der Waals surface area contributed by atoms with E-state index in [0.717, 1.165) is 24.2 Å². The van der Waals surface area contributed by atoms with Crippen molar-refractivity contribution in [2.45, 2.75) is 32.9 Å². The third kappa shape index (κ3) is 4.66. The Kier molecular flexibility index (Phi) is 7.24. The molecule has 0 unspecified atom stereocenters. The minimum atomic E-state index is -0.170. The van der Waals surface area contributed by atoms with Gasteiger partial charge in [-0.2, -0.15) is 0 Å². The van der Waals surface area contributed by atoms with Crippen molar-refractivity contribution in [3.05, 3.63) is 112 Å². The Morgan fingerprint density at radius 2 is 1.47 bits per heavy atom. The van der Waals surface area contributed by atoms with E-state index >= 15 is 0 Å². The molecule has 3 aromatic carbocycles. The molecule has 5 heteroatoms. The Hall–Kier alpha value is -3.70. The highest BCUT2D eigenvalue weighted by atomic mass is 16.2. The number of hydrogen-bond acceptors (Lipinski definition) is 3. The normalized spacial score (nSPS) is 12.1. The van der Waals surface area contributed by atoms with Gasteiger partial charge in [-0.25, -0.2) is 0 Å². The zero-order valence-corrected chi connectivity index (χ0v) is 20.0. The van der Waals surface area contributed by atoms with Crippen LogP contribution in [0.5, 0.6) is 0 Å². The molecule has 4 rings (SSSR count). The second kappa shape index (κ2) is 10.5. The lowest BCUT2D eigenvalue weighted by atomic mass is 9.99. The van der Waals surface area contributed by atoms with E-state index in [9.17, 15) is 9.59 Å². The number of amides is 1. The fourth-order valence-electron chi connectivity index (χ4n) is 4.36. The summed E-state index contributed by atoms with van der Waals surface area (Å²) < 4.78 is 1.70. The van der Waals surface area contributed by atoms with Gasteiger partial charge in [0.15, 0.2) is 0 Å². The molecule has 0 radical (unpaired) electrons. The van der Waals surface area contributed by atoms with E-state index < -0.39 is 0 Å². The van der Waals surface area contributed by atoms with Crippen LogP contribution in [0.15, 0.2) is 89.7 Å². The maximum absolute atomic E-state index is 13.9. The Morgan fingerprint density at radius 1 is 0.882 bits per heavy atom. The van der Waals surface area contributed by atoms with Crippen LogP contribution >= 0.6 is 0 Å². The zero-order chi connectivity index (χ0) is 24.1. The second-order valence-corrected chi connectivity index (χ2v) is 8.52. The summed E-state index contributed by atoms with van der Waals surface area (Å²) in [5.41, 5.74) is 2.94. The van der Waals surface area contributed by atoms with Gasteiger partial charge in [-0.15, -0.1) is 0 Å². The highest BCUT2D eigenvalue weighted by Gasteiger charge is 2.25. The lowest BCUT2D eigenvalue weighted by molar-refractivity contribution is 0.0934. The molecule has 1 heterocycles. The van der Waals surface area contributed by atoms with Crippen LogP contribution in [0.2, 0.25) is 0 Å². The summed E-state index contributed by atoms with van der Waals surface area (Å²) in [6, 6.07) is 26.8. The first-order chi connectivity index (χ1) is 16.5. The molecule has 0 spiro atoms. The maximum Gasteiger partial charge on any atom is 0.263 e. The zero-order valence-electron chi connectivity index (χ0n) is 20.0. The van der Waals surface area contributed by atoms with Crippen molar-refractivity contribution in [2.75, 3.05) is 13.6 Å². The minimum Gasteiger partial charge on any atom is -0.345 e. The number of nitrogens with zero attached hydrogens (tertiary/aromatic N) is 2. The van der Waals surface area contributed by atoms with E-state index in [2.05, 4.69) is 24.1 Å².